The predicted octanol–water partition coefficient (Wildman–Crippen LogP) is 4.84. The molecule has 2 aromatic rings. The number of aliphatic hydroxyl groups excluding tert-OH is 2. The highest BCUT2D eigenvalue weighted by Crippen LogP contribution is 2.43. The lowest BCUT2D eigenvalue weighted by molar-refractivity contribution is -0.317. The standard InChI is InChI=1S/C55H89N3O17S/c1-17-41-53(8,9)47(62)32(4)43(59)30(2)27-54(10,68-15)48(74-52-45(61)40(57(12)13)25-31(3)70-52)33(5)46(34(6)51(65)72-41)73-42-28-55(11,69-16)49(35(7)71-42)75-76(66,67)24-23-56-22-18-19-36-20-21-39-37(26-36)44(60)38(50(63)64)29-58(39)14/h20-21,26,29-35,40-42,45-49,52,56,61-62H,17-19,22-25,27-28H2,1-16H3,(H,63,64)/t30-,31-,32+,33+,34-,35+,40+,41-,42+,45-,46+,47-,48-,49+,52+,54-,55-/m1/s1. The maximum absolute atomic E-state index is 14.7. The van der Waals surface area contributed by atoms with E-state index >= 15 is 0 Å². The lowest BCUT2D eigenvalue weighted by Gasteiger charge is -2.50. The highest BCUT2D eigenvalue weighted by Gasteiger charge is 2.55. The first-order valence-electron chi connectivity index (χ1n) is 26.8. The lowest BCUT2D eigenvalue weighted by atomic mass is 9.70. The van der Waals surface area contributed by atoms with Gasteiger partial charge in [-0.15, -0.1) is 0 Å². The average molecular weight is 1100 g/mol. The Bertz CT molecular complexity index is 2490. The van der Waals surface area contributed by atoms with Crippen molar-refractivity contribution in [1.82, 2.24) is 14.8 Å². The summed E-state index contributed by atoms with van der Waals surface area (Å²) >= 11 is 0. The molecule has 0 bridgehead atoms. The normalized spacial score (nSPS) is 36.2. The minimum atomic E-state index is -4.18. The van der Waals surface area contributed by atoms with Gasteiger partial charge in [0, 0.05) is 75.0 Å². The lowest BCUT2D eigenvalue weighted by Crippen LogP contribution is -2.61. The number of carboxylic acids is 1. The molecule has 21 heteroatoms. The molecule has 4 heterocycles. The summed E-state index contributed by atoms with van der Waals surface area (Å²) in [5, 5.41) is 36.6. The van der Waals surface area contributed by atoms with E-state index in [-0.39, 0.29) is 48.6 Å². The van der Waals surface area contributed by atoms with Gasteiger partial charge in [0.15, 0.2) is 12.6 Å². The van der Waals surface area contributed by atoms with Gasteiger partial charge < -0.3 is 63.3 Å². The van der Waals surface area contributed by atoms with E-state index in [1.165, 1.54) is 20.4 Å². The summed E-state index contributed by atoms with van der Waals surface area (Å²) in [4.78, 5) is 55.4. The van der Waals surface area contributed by atoms with Crippen LogP contribution in [0.2, 0.25) is 0 Å². The zero-order chi connectivity index (χ0) is 57.0. The highest BCUT2D eigenvalue weighted by atomic mass is 32.2. The van der Waals surface area contributed by atoms with Gasteiger partial charge in [-0.05, 0) is 105 Å². The summed E-state index contributed by atoms with van der Waals surface area (Å²) in [5.74, 6) is -5.84. The maximum Gasteiger partial charge on any atom is 0.341 e. The Balaban J connectivity index is 1.38. The van der Waals surface area contributed by atoms with Gasteiger partial charge in [-0.1, -0.05) is 47.6 Å². The number of fused-ring (bicyclic) bond motifs is 1. The van der Waals surface area contributed by atoms with Crippen molar-refractivity contribution in [2.45, 2.75) is 193 Å². The third-order valence-corrected chi connectivity index (χ3v) is 17.9. The quantitative estimate of drug-likeness (QED) is 0.0885. The third-order valence-electron chi connectivity index (χ3n) is 16.6. The largest absolute Gasteiger partial charge is 0.477 e. The van der Waals surface area contributed by atoms with Gasteiger partial charge in [-0.3, -0.25) is 18.6 Å². The number of carbonyl (C=O) groups is 3. The Morgan fingerprint density at radius 2 is 1.55 bits per heavy atom. The number of hydrogen-bond donors (Lipinski definition) is 4. The number of carboxylic acid groups (broad SMARTS) is 1. The Kier molecular flexibility index (Phi) is 21.5. The van der Waals surface area contributed by atoms with E-state index in [2.05, 4.69) is 5.32 Å². The summed E-state index contributed by atoms with van der Waals surface area (Å²) in [5.41, 5.74) is -3.09. The second-order valence-corrected chi connectivity index (χ2v) is 24.8. The molecule has 0 unspecified atom stereocenters. The second kappa shape index (κ2) is 25.8. The number of aryl methyl sites for hydroxylation is 2. The zero-order valence-corrected chi connectivity index (χ0v) is 48.5. The number of nitrogens with zero attached hydrogens (tertiary/aromatic N) is 2. The molecule has 3 fully saturated rings. The number of aromatic carboxylic acids is 1. The number of ether oxygens (including phenoxy) is 7. The molecule has 76 heavy (non-hydrogen) atoms. The number of nitrogens with one attached hydrogen (secondary N) is 1. The van der Waals surface area contributed by atoms with Crippen molar-refractivity contribution in [3.63, 3.8) is 0 Å². The number of benzene rings is 1. The van der Waals surface area contributed by atoms with Gasteiger partial charge >= 0.3 is 11.9 Å². The summed E-state index contributed by atoms with van der Waals surface area (Å²) in [6.07, 6.45) is -6.49. The smallest absolute Gasteiger partial charge is 0.341 e. The van der Waals surface area contributed by atoms with Crippen LogP contribution in [0.4, 0.5) is 0 Å². The van der Waals surface area contributed by atoms with Crippen LogP contribution >= 0.6 is 0 Å². The molecule has 0 amide bonds. The number of likely N-dealkylation sites (N-methyl/N-ethyl adjacent to an activating group) is 1. The summed E-state index contributed by atoms with van der Waals surface area (Å²) < 4.78 is 80.2. The number of Topliss-reactive ketones (excluding diaryl/α,β-unsaturated/α-hetero) is 1. The minimum absolute atomic E-state index is 0.0461. The highest BCUT2D eigenvalue weighted by molar-refractivity contribution is 7.86. The number of aromatic nitrogens is 1. The molecule has 1 aromatic heterocycles. The molecule has 17 atom stereocenters. The van der Waals surface area contributed by atoms with E-state index in [1.807, 2.05) is 45.8 Å². The predicted molar refractivity (Wildman–Crippen MR) is 284 cm³/mol. The molecule has 3 aliphatic rings. The van der Waals surface area contributed by atoms with E-state index in [1.54, 1.807) is 79.1 Å². The van der Waals surface area contributed by atoms with Gasteiger partial charge in [0.1, 0.15) is 29.7 Å². The molecule has 3 aliphatic heterocycles. The van der Waals surface area contributed by atoms with E-state index in [0.29, 0.717) is 43.1 Å². The van der Waals surface area contributed by atoms with Crippen molar-refractivity contribution in [2.75, 3.05) is 47.2 Å². The van der Waals surface area contributed by atoms with Crippen LogP contribution in [0.5, 0.6) is 0 Å². The minimum Gasteiger partial charge on any atom is -0.477 e. The van der Waals surface area contributed by atoms with Crippen LogP contribution in [0, 0.1) is 29.1 Å². The second-order valence-electron chi connectivity index (χ2n) is 23.1. The molecular weight excluding hydrogens is 1010 g/mol. The van der Waals surface area contributed by atoms with Crippen molar-refractivity contribution in [3.05, 3.63) is 45.7 Å². The van der Waals surface area contributed by atoms with Crippen LogP contribution in [-0.2, 0) is 70.5 Å². The molecule has 1 aromatic carbocycles. The van der Waals surface area contributed by atoms with E-state index < -0.39 is 123 Å². The first-order valence-corrected chi connectivity index (χ1v) is 28.4. The van der Waals surface area contributed by atoms with Crippen molar-refractivity contribution in [3.8, 4) is 0 Å². The Labute approximate surface area is 449 Å². The number of cyclic esters (lactones) is 1. The number of pyridine rings is 1. The van der Waals surface area contributed by atoms with Crippen LogP contribution in [0.3, 0.4) is 0 Å². The van der Waals surface area contributed by atoms with Crippen molar-refractivity contribution in [1.29, 1.82) is 0 Å². The molecule has 0 spiro atoms. The van der Waals surface area contributed by atoms with Crippen molar-refractivity contribution < 1.29 is 75.5 Å². The number of hydrogen-bond acceptors (Lipinski definition) is 18. The molecule has 0 saturated carbocycles. The summed E-state index contributed by atoms with van der Waals surface area (Å²) in [6, 6.07) is 5.01. The number of ketones is 1. The first kappa shape index (κ1) is 63.4. The molecule has 0 aliphatic carbocycles. The fourth-order valence-corrected chi connectivity index (χ4v) is 13.0. The zero-order valence-electron chi connectivity index (χ0n) is 47.7. The average Bonchev–Trinajstić information content (AvgIpc) is 3.36. The first-order chi connectivity index (χ1) is 35.4. The number of carbonyl (C=O) groups excluding carboxylic acids is 2. The molecule has 5 rings (SSSR count). The van der Waals surface area contributed by atoms with Gasteiger partial charge in [0.2, 0.25) is 5.43 Å². The SMILES string of the molecule is CC[C@H]1OC(=O)[C@H](C)[C@@H](O[C@H]2C[C@@](C)(OC)[C@@H](OS(=O)(=O)CCNCCCc3ccc4c(c3)c(=O)c(C(=O)O)cn4C)[C@H](C)O2)[C@H](C)[C@@H](O[C@@H]2O[C@H](C)C[C@H](N(C)C)[C@H]2O)[C@](C)(OC)C[C@@H](C)C(=O)[C@H](C)[C@@H](O)C1(C)C. The number of rotatable bonds is 18. The summed E-state index contributed by atoms with van der Waals surface area (Å²) in [7, 11) is 4.18. The fourth-order valence-electron chi connectivity index (χ4n) is 11.8. The Hall–Kier alpha value is -3.45. The molecule has 20 nitrogen and oxygen atoms in total. The molecule has 0 radical (unpaired) electrons. The van der Waals surface area contributed by atoms with Crippen molar-refractivity contribution in [2.24, 2.45) is 36.1 Å². The van der Waals surface area contributed by atoms with Gasteiger partial charge in [0.25, 0.3) is 10.1 Å². The van der Waals surface area contributed by atoms with Crippen molar-refractivity contribution >= 4 is 38.7 Å². The Morgan fingerprint density at radius 3 is 2.16 bits per heavy atom. The topological polar surface area (TPSA) is 257 Å². The summed E-state index contributed by atoms with van der Waals surface area (Å²) in [6.45, 7) is 20.0. The monoisotopic (exact) mass is 1100 g/mol. The molecule has 3 saturated heterocycles. The van der Waals surface area contributed by atoms with Crippen LogP contribution in [0.15, 0.2) is 29.2 Å². The van der Waals surface area contributed by atoms with Crippen LogP contribution < -0.4 is 10.7 Å². The molecule has 4 N–H and O–H groups in total. The van der Waals surface area contributed by atoms with Crippen LogP contribution in [-0.4, -0.2) is 177 Å². The van der Waals surface area contributed by atoms with E-state index in [4.69, 9.17) is 37.3 Å². The number of methoxy groups -OCH3 is 2. The van der Waals surface area contributed by atoms with Gasteiger partial charge in [-0.2, -0.15) is 8.42 Å². The molecule has 432 valence electrons. The van der Waals surface area contributed by atoms with E-state index in [0.717, 1.165) is 5.56 Å². The van der Waals surface area contributed by atoms with Crippen LogP contribution in [0.1, 0.15) is 124 Å². The molecular formula is C55H89N3O17S. The van der Waals surface area contributed by atoms with Crippen LogP contribution in [0.25, 0.3) is 10.9 Å². The maximum atomic E-state index is 14.7. The van der Waals surface area contributed by atoms with Gasteiger partial charge in [0.05, 0.1) is 58.9 Å². The third kappa shape index (κ3) is 14.3. The van der Waals surface area contributed by atoms with Gasteiger partial charge in [-0.25, -0.2) is 4.79 Å². The van der Waals surface area contributed by atoms with E-state index in [9.17, 15) is 42.9 Å². The number of esters is 1. The number of aliphatic hydroxyl groups is 2. The fraction of sp³-hybridized carbons (Fsp3) is 0.782. The Morgan fingerprint density at radius 1 is 0.908 bits per heavy atom.